The maximum absolute atomic E-state index is 12.0. The Morgan fingerprint density at radius 1 is 1.09 bits per heavy atom. The van der Waals surface area contributed by atoms with Crippen LogP contribution in [-0.4, -0.2) is 48.9 Å². The maximum atomic E-state index is 12.0. The molecule has 0 bridgehead atoms. The van der Waals surface area contributed by atoms with Crippen LogP contribution in [0, 0.1) is 0 Å². The van der Waals surface area contributed by atoms with Crippen LogP contribution in [0.25, 0.3) is 0 Å². The number of unbranched alkanes of at least 4 members (excludes halogenated alkanes) is 2. The molecular formula is C17H35N3O2. The molecule has 5 heteroatoms. The molecule has 2 N–H and O–H groups in total. The van der Waals surface area contributed by atoms with Crippen molar-refractivity contribution in [1.82, 2.24) is 15.5 Å². The molecule has 1 saturated heterocycles. The van der Waals surface area contributed by atoms with E-state index in [9.17, 15) is 9.59 Å². The molecule has 0 unspecified atom stereocenters. The number of hydrogen-bond donors (Lipinski definition) is 2. The van der Waals surface area contributed by atoms with Crippen molar-refractivity contribution in [3.05, 3.63) is 0 Å². The molecule has 5 nitrogen and oxygen atoms in total. The number of carbonyl (C=O) groups is 2. The van der Waals surface area contributed by atoms with Crippen molar-refractivity contribution < 1.29 is 9.59 Å². The van der Waals surface area contributed by atoms with Gasteiger partial charge in [0.1, 0.15) is 0 Å². The van der Waals surface area contributed by atoms with Gasteiger partial charge in [0.25, 0.3) is 0 Å². The van der Waals surface area contributed by atoms with Gasteiger partial charge in [0, 0.05) is 25.6 Å². The first-order chi connectivity index (χ1) is 10.7. The van der Waals surface area contributed by atoms with Gasteiger partial charge >= 0.3 is 0 Å². The maximum Gasteiger partial charge on any atom is 0.234 e. The molecule has 22 heavy (non-hydrogen) atoms. The van der Waals surface area contributed by atoms with E-state index in [0.29, 0.717) is 13.0 Å². The van der Waals surface area contributed by atoms with E-state index in [4.69, 9.17) is 0 Å². The fraction of sp³-hybridized carbons (Fsp3) is 0.882. The van der Waals surface area contributed by atoms with Gasteiger partial charge in [-0.1, -0.05) is 40.5 Å². The summed E-state index contributed by atoms with van der Waals surface area (Å²) >= 11 is 0. The topological polar surface area (TPSA) is 61.4 Å². The summed E-state index contributed by atoms with van der Waals surface area (Å²) in [4.78, 5) is 25.5. The van der Waals surface area contributed by atoms with Gasteiger partial charge in [-0.3, -0.25) is 9.59 Å². The summed E-state index contributed by atoms with van der Waals surface area (Å²) in [6.45, 7) is 10.9. The first kappa shape index (κ1) is 20.9. The number of amides is 2. The van der Waals surface area contributed by atoms with E-state index in [1.807, 2.05) is 25.7 Å². The fourth-order valence-electron chi connectivity index (χ4n) is 2.47. The molecule has 0 spiro atoms. The predicted octanol–water partition coefficient (Wildman–Crippen LogP) is 2.31. The van der Waals surface area contributed by atoms with Crippen molar-refractivity contribution in [2.75, 3.05) is 26.2 Å². The first-order valence-electron chi connectivity index (χ1n) is 8.95. The summed E-state index contributed by atoms with van der Waals surface area (Å²) in [6.07, 6.45) is 5.69. The Kier molecular flexibility index (Phi) is 12.9. The van der Waals surface area contributed by atoms with E-state index in [0.717, 1.165) is 51.7 Å². The molecule has 130 valence electrons. The van der Waals surface area contributed by atoms with Gasteiger partial charge < -0.3 is 15.5 Å². The van der Waals surface area contributed by atoms with Crippen LogP contribution in [-0.2, 0) is 9.59 Å². The monoisotopic (exact) mass is 313 g/mol. The van der Waals surface area contributed by atoms with Crippen LogP contribution in [0.4, 0.5) is 0 Å². The van der Waals surface area contributed by atoms with Gasteiger partial charge in [-0.25, -0.2) is 0 Å². The summed E-state index contributed by atoms with van der Waals surface area (Å²) in [6, 6.07) is 0.223. The van der Waals surface area contributed by atoms with Gasteiger partial charge in [-0.15, -0.1) is 0 Å². The zero-order valence-electron chi connectivity index (χ0n) is 14.9. The fourth-order valence-corrected chi connectivity index (χ4v) is 2.47. The van der Waals surface area contributed by atoms with Gasteiger partial charge in [0.2, 0.25) is 11.8 Å². The van der Waals surface area contributed by atoms with Crippen LogP contribution in [0.15, 0.2) is 0 Å². The lowest BCUT2D eigenvalue weighted by molar-refractivity contribution is -0.132. The Morgan fingerprint density at radius 2 is 1.73 bits per heavy atom. The number of nitrogens with one attached hydrogen (secondary N) is 2. The highest BCUT2D eigenvalue weighted by molar-refractivity contribution is 5.78. The predicted molar refractivity (Wildman–Crippen MR) is 91.8 cm³/mol. The molecule has 0 aromatic rings. The normalized spacial score (nSPS) is 15.0. The Bertz CT molecular complexity index is 300. The summed E-state index contributed by atoms with van der Waals surface area (Å²) in [5, 5.41) is 6.04. The zero-order chi connectivity index (χ0) is 16.8. The minimum atomic E-state index is 0.0552. The van der Waals surface area contributed by atoms with Crippen molar-refractivity contribution in [3.8, 4) is 0 Å². The number of carbonyl (C=O) groups excluding carboxylic acids is 2. The summed E-state index contributed by atoms with van der Waals surface area (Å²) in [7, 11) is 0. The van der Waals surface area contributed by atoms with Crippen molar-refractivity contribution in [2.45, 2.75) is 72.3 Å². The first-order valence-corrected chi connectivity index (χ1v) is 8.95. The second-order valence-electron chi connectivity index (χ2n) is 5.46. The molecular weight excluding hydrogens is 278 g/mol. The molecule has 0 saturated carbocycles. The Morgan fingerprint density at radius 3 is 2.27 bits per heavy atom. The van der Waals surface area contributed by atoms with E-state index in [2.05, 4.69) is 17.6 Å². The number of rotatable bonds is 8. The third-order valence-corrected chi connectivity index (χ3v) is 3.74. The van der Waals surface area contributed by atoms with Gasteiger partial charge in [0.05, 0.1) is 6.54 Å². The zero-order valence-corrected chi connectivity index (χ0v) is 14.9. The quantitative estimate of drug-likeness (QED) is 0.676. The second-order valence-corrected chi connectivity index (χ2v) is 5.46. The van der Waals surface area contributed by atoms with Gasteiger partial charge in [0.15, 0.2) is 0 Å². The molecule has 0 aromatic heterocycles. The van der Waals surface area contributed by atoms with Crippen LogP contribution in [0.3, 0.4) is 0 Å². The highest BCUT2D eigenvalue weighted by Crippen LogP contribution is 2.12. The number of nitrogens with zero attached hydrogens (tertiary/aromatic N) is 1. The summed E-state index contributed by atoms with van der Waals surface area (Å²) < 4.78 is 0. The largest absolute Gasteiger partial charge is 0.352 e. The van der Waals surface area contributed by atoms with E-state index >= 15 is 0 Å². The number of likely N-dealkylation sites (tertiary alicyclic amines) is 1. The summed E-state index contributed by atoms with van der Waals surface area (Å²) in [5.74, 6) is 0.329. The molecule has 1 aliphatic rings. The smallest absolute Gasteiger partial charge is 0.234 e. The van der Waals surface area contributed by atoms with E-state index in [1.165, 1.54) is 0 Å². The van der Waals surface area contributed by atoms with Gasteiger partial charge in [-0.2, -0.15) is 0 Å². The van der Waals surface area contributed by atoms with E-state index < -0.39 is 0 Å². The molecule has 1 aliphatic heterocycles. The van der Waals surface area contributed by atoms with Crippen LogP contribution in [0.2, 0.25) is 0 Å². The van der Waals surface area contributed by atoms with Crippen molar-refractivity contribution in [2.24, 2.45) is 0 Å². The summed E-state index contributed by atoms with van der Waals surface area (Å²) in [5.41, 5.74) is 0. The highest BCUT2D eigenvalue weighted by atomic mass is 16.2. The Balaban J connectivity index is 0.00000211. The lowest BCUT2D eigenvalue weighted by Crippen LogP contribution is -2.48. The van der Waals surface area contributed by atoms with Crippen LogP contribution < -0.4 is 10.6 Å². The molecule has 1 rings (SSSR count). The highest BCUT2D eigenvalue weighted by Gasteiger charge is 2.23. The van der Waals surface area contributed by atoms with E-state index in [1.54, 1.807) is 0 Å². The molecule has 2 amide bonds. The van der Waals surface area contributed by atoms with Crippen molar-refractivity contribution in [3.63, 3.8) is 0 Å². The molecule has 1 heterocycles. The van der Waals surface area contributed by atoms with Gasteiger partial charge in [-0.05, 0) is 25.8 Å². The lowest BCUT2D eigenvalue weighted by atomic mass is 10.0. The molecule has 0 aromatic carbocycles. The van der Waals surface area contributed by atoms with E-state index in [-0.39, 0.29) is 17.9 Å². The number of likely N-dealkylation sites (N-methyl/N-ethyl adjacent to an activating group) is 1. The van der Waals surface area contributed by atoms with Crippen LogP contribution in [0.5, 0.6) is 0 Å². The standard InChI is InChI=1S/C15H29N3O2.C2H6/c1-3-5-6-7-15(20)18-10-8-13(9-11-18)17-14(19)12-16-4-2;1-2/h13,16H,3-12H2,1-2H3,(H,17,19);1-2H3. The third kappa shape index (κ3) is 9.03. The van der Waals surface area contributed by atoms with Crippen LogP contribution in [0.1, 0.15) is 66.2 Å². The van der Waals surface area contributed by atoms with Crippen molar-refractivity contribution >= 4 is 11.8 Å². The molecule has 1 fully saturated rings. The van der Waals surface area contributed by atoms with Crippen molar-refractivity contribution in [1.29, 1.82) is 0 Å². The minimum Gasteiger partial charge on any atom is -0.352 e. The second kappa shape index (κ2) is 13.6. The lowest BCUT2D eigenvalue weighted by Gasteiger charge is -2.32. The Hall–Kier alpha value is -1.10. The number of piperidine rings is 1. The third-order valence-electron chi connectivity index (χ3n) is 3.74. The minimum absolute atomic E-state index is 0.0552. The average Bonchev–Trinajstić information content (AvgIpc) is 2.55. The Labute approximate surface area is 136 Å². The van der Waals surface area contributed by atoms with Crippen LogP contribution >= 0.6 is 0 Å². The average molecular weight is 313 g/mol. The molecule has 0 radical (unpaired) electrons. The molecule has 0 atom stereocenters. The SMILES string of the molecule is CC.CCCCCC(=O)N1CCC(NC(=O)CNCC)CC1. The number of hydrogen-bond acceptors (Lipinski definition) is 3. The molecule has 0 aliphatic carbocycles.